The average molecular weight is 469 g/mol. The molecule has 1 amide bonds. The SMILES string of the molecule is COc1ccc(C(=O)C2C(=O)C(=O)N(CCCN(C)C)C2c2ccc(OC)c(OC)c2)cc1C. The Bertz CT molecular complexity index is 1080. The summed E-state index contributed by atoms with van der Waals surface area (Å²) in [6.45, 7) is 2.93. The molecule has 8 heteroatoms. The molecule has 1 fully saturated rings. The van der Waals surface area contributed by atoms with Gasteiger partial charge in [0.1, 0.15) is 11.7 Å². The van der Waals surface area contributed by atoms with Crippen LogP contribution in [0.3, 0.4) is 0 Å². The van der Waals surface area contributed by atoms with Crippen LogP contribution in [0.4, 0.5) is 0 Å². The lowest BCUT2D eigenvalue weighted by Gasteiger charge is -2.28. The molecule has 3 rings (SSSR count). The number of aryl methyl sites for hydroxylation is 1. The van der Waals surface area contributed by atoms with E-state index >= 15 is 0 Å². The summed E-state index contributed by atoms with van der Waals surface area (Å²) in [6, 6.07) is 9.51. The van der Waals surface area contributed by atoms with Crippen molar-refractivity contribution in [2.24, 2.45) is 5.92 Å². The number of ketones is 2. The van der Waals surface area contributed by atoms with E-state index in [1.54, 1.807) is 43.5 Å². The molecule has 0 aromatic heterocycles. The molecule has 0 saturated carbocycles. The van der Waals surface area contributed by atoms with Crippen molar-refractivity contribution >= 4 is 17.5 Å². The van der Waals surface area contributed by atoms with Crippen molar-refractivity contribution in [1.29, 1.82) is 0 Å². The molecule has 1 saturated heterocycles. The molecule has 1 aliphatic rings. The highest BCUT2D eigenvalue weighted by Gasteiger charge is 2.51. The van der Waals surface area contributed by atoms with Crippen LogP contribution in [-0.2, 0) is 9.59 Å². The van der Waals surface area contributed by atoms with E-state index in [9.17, 15) is 14.4 Å². The van der Waals surface area contributed by atoms with Gasteiger partial charge in [-0.2, -0.15) is 0 Å². The van der Waals surface area contributed by atoms with Gasteiger partial charge in [-0.1, -0.05) is 6.07 Å². The van der Waals surface area contributed by atoms with Gasteiger partial charge in [-0.25, -0.2) is 0 Å². The van der Waals surface area contributed by atoms with E-state index in [1.807, 2.05) is 25.9 Å². The first-order chi connectivity index (χ1) is 16.2. The summed E-state index contributed by atoms with van der Waals surface area (Å²) >= 11 is 0. The number of nitrogens with zero attached hydrogens (tertiary/aromatic N) is 2. The molecular weight excluding hydrogens is 436 g/mol. The summed E-state index contributed by atoms with van der Waals surface area (Å²) in [5.41, 5.74) is 1.78. The van der Waals surface area contributed by atoms with Gasteiger partial charge in [-0.05, 0) is 75.4 Å². The highest BCUT2D eigenvalue weighted by atomic mass is 16.5. The zero-order valence-electron chi connectivity index (χ0n) is 20.6. The molecule has 0 N–H and O–H groups in total. The standard InChI is InChI=1S/C26H32N2O6/c1-16-14-18(9-10-19(16)32-4)24(29)22-23(17-8-11-20(33-5)21(15-17)34-6)28(26(31)25(22)30)13-7-12-27(2)3/h8-11,14-15,22-23H,7,12-13H2,1-6H3. The third kappa shape index (κ3) is 4.92. The van der Waals surface area contributed by atoms with E-state index in [0.717, 1.165) is 12.1 Å². The number of amides is 1. The fourth-order valence-electron chi connectivity index (χ4n) is 4.41. The van der Waals surface area contributed by atoms with Crippen molar-refractivity contribution in [3.63, 3.8) is 0 Å². The van der Waals surface area contributed by atoms with E-state index in [0.29, 0.717) is 41.3 Å². The van der Waals surface area contributed by atoms with Gasteiger partial charge >= 0.3 is 0 Å². The van der Waals surface area contributed by atoms with Crippen LogP contribution in [0, 0.1) is 12.8 Å². The summed E-state index contributed by atoms with van der Waals surface area (Å²) < 4.78 is 16.1. The summed E-state index contributed by atoms with van der Waals surface area (Å²) in [6.07, 6.45) is 0.665. The number of benzene rings is 2. The smallest absolute Gasteiger partial charge is 0.291 e. The first kappa shape index (κ1) is 25.2. The van der Waals surface area contributed by atoms with Gasteiger partial charge in [0, 0.05) is 12.1 Å². The van der Waals surface area contributed by atoms with E-state index in [-0.39, 0.29) is 5.78 Å². The largest absolute Gasteiger partial charge is 0.496 e. The van der Waals surface area contributed by atoms with Gasteiger partial charge in [0.05, 0.1) is 27.4 Å². The lowest BCUT2D eigenvalue weighted by atomic mass is 9.85. The molecule has 2 aromatic carbocycles. The predicted molar refractivity (Wildman–Crippen MR) is 128 cm³/mol. The Morgan fingerprint density at radius 1 is 0.941 bits per heavy atom. The second-order valence-electron chi connectivity index (χ2n) is 8.61. The van der Waals surface area contributed by atoms with E-state index in [2.05, 4.69) is 0 Å². The number of likely N-dealkylation sites (tertiary alicyclic amines) is 1. The molecule has 1 aliphatic heterocycles. The number of hydrogen-bond donors (Lipinski definition) is 0. The van der Waals surface area contributed by atoms with Crippen molar-refractivity contribution in [1.82, 2.24) is 9.80 Å². The molecule has 1 heterocycles. The van der Waals surface area contributed by atoms with Crippen LogP contribution in [0.5, 0.6) is 17.2 Å². The molecule has 2 atom stereocenters. The molecule has 0 aliphatic carbocycles. The minimum atomic E-state index is -1.15. The monoisotopic (exact) mass is 468 g/mol. The van der Waals surface area contributed by atoms with E-state index < -0.39 is 23.7 Å². The van der Waals surface area contributed by atoms with Gasteiger partial charge in [0.15, 0.2) is 17.3 Å². The first-order valence-corrected chi connectivity index (χ1v) is 11.1. The van der Waals surface area contributed by atoms with Gasteiger partial charge in [0.2, 0.25) is 5.78 Å². The number of carbonyl (C=O) groups is 3. The summed E-state index contributed by atoms with van der Waals surface area (Å²) in [5, 5.41) is 0. The van der Waals surface area contributed by atoms with Gasteiger partial charge in [-0.3, -0.25) is 14.4 Å². The second kappa shape index (κ2) is 10.7. The minimum absolute atomic E-state index is 0.354. The van der Waals surface area contributed by atoms with Gasteiger partial charge in [-0.15, -0.1) is 0 Å². The first-order valence-electron chi connectivity index (χ1n) is 11.1. The van der Waals surface area contributed by atoms with Crippen molar-refractivity contribution in [2.75, 3.05) is 48.5 Å². The van der Waals surface area contributed by atoms with Crippen LogP contribution >= 0.6 is 0 Å². The van der Waals surface area contributed by atoms with E-state index in [1.165, 1.54) is 19.1 Å². The number of Topliss-reactive ketones (excluding diaryl/α,β-unsaturated/α-hetero) is 2. The Morgan fingerprint density at radius 2 is 1.59 bits per heavy atom. The fourth-order valence-corrected chi connectivity index (χ4v) is 4.41. The molecule has 182 valence electrons. The molecule has 2 aromatic rings. The highest BCUT2D eigenvalue weighted by molar-refractivity contribution is 6.44. The Kier molecular flexibility index (Phi) is 7.94. The highest BCUT2D eigenvalue weighted by Crippen LogP contribution is 2.41. The average Bonchev–Trinajstić information content (AvgIpc) is 3.07. The molecule has 0 radical (unpaired) electrons. The van der Waals surface area contributed by atoms with Crippen LogP contribution in [-0.4, -0.2) is 75.8 Å². The lowest BCUT2D eigenvalue weighted by molar-refractivity contribution is -0.140. The Labute approximate surface area is 200 Å². The molecule has 0 bridgehead atoms. The van der Waals surface area contributed by atoms with Crippen LogP contribution in [0.2, 0.25) is 0 Å². The maximum Gasteiger partial charge on any atom is 0.291 e. The Balaban J connectivity index is 2.06. The number of carbonyl (C=O) groups excluding carboxylic acids is 3. The fraction of sp³-hybridized carbons (Fsp3) is 0.423. The lowest BCUT2D eigenvalue weighted by Crippen LogP contribution is -2.33. The third-order valence-electron chi connectivity index (χ3n) is 6.12. The number of hydrogen-bond acceptors (Lipinski definition) is 7. The molecule has 34 heavy (non-hydrogen) atoms. The maximum absolute atomic E-state index is 13.6. The maximum atomic E-state index is 13.6. The van der Waals surface area contributed by atoms with Crippen molar-refractivity contribution in [2.45, 2.75) is 19.4 Å². The Morgan fingerprint density at radius 3 is 2.18 bits per heavy atom. The zero-order valence-corrected chi connectivity index (χ0v) is 20.6. The van der Waals surface area contributed by atoms with Crippen LogP contribution < -0.4 is 14.2 Å². The quantitative estimate of drug-likeness (QED) is 0.301. The van der Waals surface area contributed by atoms with Gasteiger partial charge in [0.25, 0.3) is 5.91 Å². The summed E-state index contributed by atoms with van der Waals surface area (Å²) in [4.78, 5) is 43.5. The molecular formula is C26H32N2O6. The summed E-state index contributed by atoms with van der Waals surface area (Å²) in [7, 11) is 8.50. The van der Waals surface area contributed by atoms with Crippen LogP contribution in [0.25, 0.3) is 0 Å². The summed E-state index contributed by atoms with van der Waals surface area (Å²) in [5.74, 6) is -1.24. The Hall–Kier alpha value is -3.39. The molecule has 8 nitrogen and oxygen atoms in total. The third-order valence-corrected chi connectivity index (χ3v) is 6.12. The number of methoxy groups -OCH3 is 3. The number of rotatable bonds is 10. The molecule has 0 spiro atoms. The van der Waals surface area contributed by atoms with Crippen LogP contribution in [0.1, 0.15) is 33.9 Å². The van der Waals surface area contributed by atoms with Gasteiger partial charge < -0.3 is 24.0 Å². The second-order valence-corrected chi connectivity index (χ2v) is 8.61. The van der Waals surface area contributed by atoms with Crippen molar-refractivity contribution < 1.29 is 28.6 Å². The van der Waals surface area contributed by atoms with Crippen molar-refractivity contribution in [3.8, 4) is 17.2 Å². The van der Waals surface area contributed by atoms with Crippen molar-refractivity contribution in [3.05, 3.63) is 53.1 Å². The number of ether oxygens (including phenoxy) is 3. The zero-order chi connectivity index (χ0) is 25.0. The predicted octanol–water partition coefficient (Wildman–Crippen LogP) is 2.92. The normalized spacial score (nSPS) is 17.9. The minimum Gasteiger partial charge on any atom is -0.496 e. The topological polar surface area (TPSA) is 85.4 Å². The van der Waals surface area contributed by atoms with Crippen LogP contribution in [0.15, 0.2) is 36.4 Å². The molecule has 2 unspecified atom stereocenters. The van der Waals surface area contributed by atoms with E-state index in [4.69, 9.17) is 14.2 Å².